The molecule has 0 atom stereocenters. The molecule has 0 saturated heterocycles. The van der Waals surface area contributed by atoms with Gasteiger partial charge in [0.15, 0.2) is 5.13 Å². The number of benzene rings is 2. The van der Waals surface area contributed by atoms with Gasteiger partial charge in [0.25, 0.3) is 5.91 Å². The molecule has 1 amide bonds. The Balaban J connectivity index is 1.89. The summed E-state index contributed by atoms with van der Waals surface area (Å²) in [5, 5.41) is 3.48. The first-order valence-electron chi connectivity index (χ1n) is 10.0. The van der Waals surface area contributed by atoms with Crippen molar-refractivity contribution in [2.45, 2.75) is 32.6 Å². The third kappa shape index (κ3) is 5.63. The highest BCUT2D eigenvalue weighted by atomic mass is 35.5. The van der Waals surface area contributed by atoms with Gasteiger partial charge in [-0.1, -0.05) is 62.8 Å². The van der Waals surface area contributed by atoms with Gasteiger partial charge in [-0.05, 0) is 42.2 Å². The normalized spacial score (nSPS) is 12.3. The van der Waals surface area contributed by atoms with Gasteiger partial charge in [-0.2, -0.15) is 4.31 Å². The average molecular weight is 480 g/mol. The van der Waals surface area contributed by atoms with E-state index in [9.17, 15) is 13.2 Å². The zero-order valence-corrected chi connectivity index (χ0v) is 20.3. The summed E-state index contributed by atoms with van der Waals surface area (Å²) in [7, 11) is -3.64. The molecule has 1 heterocycles. The summed E-state index contributed by atoms with van der Waals surface area (Å²) in [5.41, 5.74) is 0.974. The second-order valence-electron chi connectivity index (χ2n) is 8.19. The zero-order chi connectivity index (χ0) is 22.8. The highest BCUT2D eigenvalue weighted by Gasteiger charge is 2.26. The lowest BCUT2D eigenvalue weighted by atomic mass is 10.2. The van der Waals surface area contributed by atoms with Crippen LogP contribution in [0, 0.1) is 11.8 Å². The smallest absolute Gasteiger partial charge is 0.258 e. The number of halogens is 1. The van der Waals surface area contributed by atoms with E-state index in [1.54, 1.807) is 46.8 Å². The highest BCUT2D eigenvalue weighted by molar-refractivity contribution is 7.89. The minimum absolute atomic E-state index is 0.215. The maximum atomic E-state index is 13.3. The van der Waals surface area contributed by atoms with Crippen molar-refractivity contribution >= 4 is 54.2 Å². The SMILES string of the molecule is CC(C)CN(CC(C)C)S(=O)(=O)c1ccc2nc(NC(=O)c3ccccc3Cl)sc2c1. The second-order valence-corrected chi connectivity index (χ2v) is 11.6. The van der Waals surface area contributed by atoms with E-state index >= 15 is 0 Å². The Morgan fingerprint density at radius 1 is 1.10 bits per heavy atom. The molecular weight excluding hydrogens is 454 g/mol. The number of carbonyl (C=O) groups excluding carboxylic acids is 1. The van der Waals surface area contributed by atoms with Crippen molar-refractivity contribution in [1.29, 1.82) is 0 Å². The summed E-state index contributed by atoms with van der Waals surface area (Å²) in [6.45, 7) is 8.93. The first-order valence-corrected chi connectivity index (χ1v) is 12.7. The molecule has 31 heavy (non-hydrogen) atoms. The Hall–Kier alpha value is -2.00. The van der Waals surface area contributed by atoms with Gasteiger partial charge in [-0.3, -0.25) is 10.1 Å². The van der Waals surface area contributed by atoms with Gasteiger partial charge in [0.1, 0.15) is 0 Å². The molecular formula is C22H26ClN3O3S2. The van der Waals surface area contributed by atoms with Gasteiger partial charge in [-0.15, -0.1) is 0 Å². The lowest BCUT2D eigenvalue weighted by Gasteiger charge is -2.25. The topological polar surface area (TPSA) is 79.4 Å². The van der Waals surface area contributed by atoms with E-state index < -0.39 is 10.0 Å². The maximum absolute atomic E-state index is 13.3. The molecule has 0 bridgehead atoms. The Kier molecular flexibility index (Phi) is 7.36. The number of hydrogen-bond donors (Lipinski definition) is 1. The molecule has 6 nitrogen and oxygen atoms in total. The number of sulfonamides is 1. The fourth-order valence-corrected chi connectivity index (χ4v) is 6.15. The predicted octanol–water partition coefficient (Wildman–Crippen LogP) is 5.50. The third-order valence-electron chi connectivity index (χ3n) is 4.47. The number of anilines is 1. The summed E-state index contributed by atoms with van der Waals surface area (Å²) < 4.78 is 28.8. The number of thiazole rings is 1. The summed E-state index contributed by atoms with van der Waals surface area (Å²) in [6.07, 6.45) is 0. The molecule has 1 N–H and O–H groups in total. The van der Waals surface area contributed by atoms with Gasteiger partial charge in [-0.25, -0.2) is 13.4 Å². The van der Waals surface area contributed by atoms with Crippen molar-refractivity contribution in [3.63, 3.8) is 0 Å². The molecule has 3 aromatic rings. The van der Waals surface area contributed by atoms with Crippen molar-refractivity contribution in [2.24, 2.45) is 11.8 Å². The van der Waals surface area contributed by atoms with Crippen LogP contribution in [-0.4, -0.2) is 36.7 Å². The molecule has 0 unspecified atom stereocenters. The van der Waals surface area contributed by atoms with Crippen LogP contribution in [0.4, 0.5) is 5.13 Å². The average Bonchev–Trinajstić information content (AvgIpc) is 3.08. The van der Waals surface area contributed by atoms with Crippen molar-refractivity contribution in [3.8, 4) is 0 Å². The van der Waals surface area contributed by atoms with Crippen LogP contribution < -0.4 is 5.32 Å². The molecule has 9 heteroatoms. The van der Waals surface area contributed by atoms with Crippen LogP contribution in [0.5, 0.6) is 0 Å². The highest BCUT2D eigenvalue weighted by Crippen LogP contribution is 2.30. The standard InChI is InChI=1S/C22H26ClN3O3S2/c1-14(2)12-26(13-15(3)4)31(28,29)16-9-10-19-20(11-16)30-22(24-19)25-21(27)17-7-5-6-8-18(17)23/h5-11,14-15H,12-13H2,1-4H3,(H,24,25,27). The molecule has 166 valence electrons. The fourth-order valence-electron chi connectivity index (χ4n) is 3.16. The Labute approximate surface area is 192 Å². The van der Waals surface area contributed by atoms with Crippen molar-refractivity contribution < 1.29 is 13.2 Å². The number of rotatable bonds is 8. The predicted molar refractivity (Wildman–Crippen MR) is 127 cm³/mol. The van der Waals surface area contributed by atoms with E-state index in [1.807, 2.05) is 27.7 Å². The lowest BCUT2D eigenvalue weighted by Crippen LogP contribution is -2.37. The number of nitrogens with one attached hydrogen (secondary N) is 1. The summed E-state index contributed by atoms with van der Waals surface area (Å²) in [6, 6.07) is 11.6. The van der Waals surface area contributed by atoms with Crippen LogP contribution in [0.1, 0.15) is 38.1 Å². The van der Waals surface area contributed by atoms with Gasteiger partial charge < -0.3 is 0 Å². The van der Waals surface area contributed by atoms with E-state index in [0.29, 0.717) is 39.0 Å². The number of nitrogens with zero attached hydrogens (tertiary/aromatic N) is 2. The van der Waals surface area contributed by atoms with Crippen LogP contribution in [0.15, 0.2) is 47.4 Å². The molecule has 0 spiro atoms. The van der Waals surface area contributed by atoms with Gasteiger partial charge in [0.2, 0.25) is 10.0 Å². The number of aromatic nitrogens is 1. The minimum atomic E-state index is -3.64. The van der Waals surface area contributed by atoms with Gasteiger partial charge >= 0.3 is 0 Å². The van der Waals surface area contributed by atoms with Crippen LogP contribution in [0.25, 0.3) is 10.2 Å². The molecule has 0 aliphatic heterocycles. The van der Waals surface area contributed by atoms with E-state index in [1.165, 1.54) is 11.3 Å². The van der Waals surface area contributed by atoms with E-state index in [4.69, 9.17) is 11.6 Å². The second kappa shape index (κ2) is 9.65. The van der Waals surface area contributed by atoms with Crippen LogP contribution >= 0.6 is 22.9 Å². The van der Waals surface area contributed by atoms with Crippen LogP contribution in [-0.2, 0) is 10.0 Å². The monoisotopic (exact) mass is 479 g/mol. The Morgan fingerprint density at radius 3 is 2.35 bits per heavy atom. The quantitative estimate of drug-likeness (QED) is 0.462. The number of amides is 1. The molecule has 0 aliphatic rings. The maximum Gasteiger partial charge on any atom is 0.258 e. The molecule has 1 aromatic heterocycles. The molecule has 0 saturated carbocycles. The van der Waals surface area contributed by atoms with Crippen LogP contribution in [0.2, 0.25) is 5.02 Å². The number of carbonyl (C=O) groups is 1. The summed E-state index contributed by atoms with van der Waals surface area (Å²) in [4.78, 5) is 17.1. The fraction of sp³-hybridized carbons (Fsp3) is 0.364. The zero-order valence-electron chi connectivity index (χ0n) is 17.9. The molecule has 2 aromatic carbocycles. The summed E-state index contributed by atoms with van der Waals surface area (Å²) in [5.74, 6) is 0.0668. The largest absolute Gasteiger partial charge is 0.298 e. The Morgan fingerprint density at radius 2 is 1.74 bits per heavy atom. The summed E-state index contributed by atoms with van der Waals surface area (Å²) >= 11 is 7.31. The molecule has 0 aliphatic carbocycles. The lowest BCUT2D eigenvalue weighted by molar-refractivity contribution is 0.102. The molecule has 0 radical (unpaired) electrons. The Bertz CT molecular complexity index is 1180. The number of hydrogen-bond acceptors (Lipinski definition) is 5. The number of fused-ring (bicyclic) bond motifs is 1. The molecule has 0 fully saturated rings. The van der Waals surface area contributed by atoms with E-state index in [0.717, 1.165) is 0 Å². The van der Waals surface area contributed by atoms with E-state index in [-0.39, 0.29) is 22.6 Å². The van der Waals surface area contributed by atoms with Crippen LogP contribution in [0.3, 0.4) is 0 Å². The van der Waals surface area contributed by atoms with Crippen molar-refractivity contribution in [3.05, 3.63) is 53.1 Å². The van der Waals surface area contributed by atoms with E-state index in [2.05, 4.69) is 10.3 Å². The van der Waals surface area contributed by atoms with Crippen molar-refractivity contribution in [1.82, 2.24) is 9.29 Å². The van der Waals surface area contributed by atoms with Gasteiger partial charge in [0.05, 0.1) is 25.7 Å². The molecule has 3 rings (SSSR count). The third-order valence-corrected chi connectivity index (χ3v) is 7.57. The minimum Gasteiger partial charge on any atom is -0.298 e. The van der Waals surface area contributed by atoms with Gasteiger partial charge in [0, 0.05) is 13.1 Å². The van der Waals surface area contributed by atoms with Crippen molar-refractivity contribution in [2.75, 3.05) is 18.4 Å². The first kappa shape index (κ1) is 23.7. The first-order chi connectivity index (χ1) is 14.6.